The van der Waals surface area contributed by atoms with Crippen molar-refractivity contribution < 1.29 is 9.53 Å². The van der Waals surface area contributed by atoms with Crippen molar-refractivity contribution in [2.24, 2.45) is 0 Å². The van der Waals surface area contributed by atoms with E-state index in [2.05, 4.69) is 20.2 Å². The number of nitrogens with zero attached hydrogens (tertiary/aromatic N) is 3. The van der Waals surface area contributed by atoms with E-state index in [1.165, 1.54) is 6.33 Å². The highest BCUT2D eigenvalue weighted by molar-refractivity contribution is 5.93. The van der Waals surface area contributed by atoms with Crippen LogP contribution in [0.5, 0.6) is 0 Å². The highest BCUT2D eigenvalue weighted by Crippen LogP contribution is 2.22. The minimum absolute atomic E-state index is 0.227. The van der Waals surface area contributed by atoms with E-state index in [1.54, 1.807) is 6.07 Å². The standard InChI is InChI=1S/C22H22N4O2/c27-22(19-15-20(24-16-23-19)26-11-13-28-14-12-26)25-21(17-7-3-1-4-8-17)18-9-5-2-6-10-18/h1-10,15-16,21H,11-14H2,(H,25,27). The quantitative estimate of drug-likeness (QED) is 0.744. The van der Waals surface area contributed by atoms with Crippen molar-refractivity contribution in [1.29, 1.82) is 0 Å². The Hall–Kier alpha value is -3.25. The number of carbonyl (C=O) groups is 1. The largest absolute Gasteiger partial charge is 0.378 e. The number of anilines is 1. The predicted molar refractivity (Wildman–Crippen MR) is 107 cm³/mol. The molecule has 1 aliphatic rings. The van der Waals surface area contributed by atoms with Gasteiger partial charge in [-0.05, 0) is 11.1 Å². The summed E-state index contributed by atoms with van der Waals surface area (Å²) >= 11 is 0. The first-order chi connectivity index (χ1) is 13.8. The van der Waals surface area contributed by atoms with Crippen LogP contribution in [0.4, 0.5) is 5.82 Å². The summed E-state index contributed by atoms with van der Waals surface area (Å²) in [5.74, 6) is 0.522. The highest BCUT2D eigenvalue weighted by atomic mass is 16.5. The molecule has 28 heavy (non-hydrogen) atoms. The summed E-state index contributed by atoms with van der Waals surface area (Å²) in [5, 5.41) is 3.12. The number of nitrogens with one attached hydrogen (secondary N) is 1. The Morgan fingerprint density at radius 2 is 1.54 bits per heavy atom. The molecule has 0 bridgehead atoms. The molecule has 4 rings (SSSR count). The summed E-state index contributed by atoms with van der Waals surface area (Å²) in [6.07, 6.45) is 1.44. The van der Waals surface area contributed by atoms with E-state index in [0.717, 1.165) is 30.0 Å². The second-order valence-corrected chi connectivity index (χ2v) is 6.59. The maximum absolute atomic E-state index is 13.0. The van der Waals surface area contributed by atoms with Gasteiger partial charge in [0.15, 0.2) is 0 Å². The molecule has 6 nitrogen and oxygen atoms in total. The smallest absolute Gasteiger partial charge is 0.270 e. The number of rotatable bonds is 5. The van der Waals surface area contributed by atoms with Gasteiger partial charge in [0.1, 0.15) is 17.8 Å². The molecule has 0 radical (unpaired) electrons. The van der Waals surface area contributed by atoms with Crippen LogP contribution in [-0.4, -0.2) is 42.2 Å². The van der Waals surface area contributed by atoms with E-state index in [1.807, 2.05) is 60.7 Å². The van der Waals surface area contributed by atoms with Crippen molar-refractivity contribution in [3.63, 3.8) is 0 Å². The Labute approximate surface area is 164 Å². The maximum Gasteiger partial charge on any atom is 0.270 e. The third-order valence-electron chi connectivity index (χ3n) is 4.76. The minimum Gasteiger partial charge on any atom is -0.378 e. The number of amides is 1. The van der Waals surface area contributed by atoms with Gasteiger partial charge in [0.2, 0.25) is 0 Å². The van der Waals surface area contributed by atoms with Crippen molar-refractivity contribution in [3.05, 3.63) is 89.9 Å². The molecule has 0 aliphatic carbocycles. The van der Waals surface area contributed by atoms with E-state index >= 15 is 0 Å². The lowest BCUT2D eigenvalue weighted by Crippen LogP contribution is -2.37. The third kappa shape index (κ3) is 4.18. The van der Waals surface area contributed by atoms with Gasteiger partial charge >= 0.3 is 0 Å². The number of morpholine rings is 1. The number of ether oxygens (including phenoxy) is 1. The summed E-state index contributed by atoms with van der Waals surface area (Å²) in [6, 6.07) is 21.3. The molecule has 1 aromatic heterocycles. The molecule has 0 unspecified atom stereocenters. The van der Waals surface area contributed by atoms with Crippen LogP contribution in [0.3, 0.4) is 0 Å². The van der Waals surface area contributed by atoms with Gasteiger partial charge in [-0.1, -0.05) is 60.7 Å². The normalized spacial score (nSPS) is 14.1. The molecule has 3 aromatic rings. The SMILES string of the molecule is O=C(NC(c1ccccc1)c1ccccc1)c1cc(N2CCOCC2)ncn1. The first-order valence-electron chi connectivity index (χ1n) is 9.37. The Bertz CT molecular complexity index is 873. The van der Waals surface area contributed by atoms with Crippen LogP contribution in [0.15, 0.2) is 73.1 Å². The molecule has 1 aliphatic heterocycles. The fourth-order valence-corrected chi connectivity index (χ4v) is 3.29. The average molecular weight is 374 g/mol. The molecule has 1 N–H and O–H groups in total. The lowest BCUT2D eigenvalue weighted by molar-refractivity contribution is 0.0937. The highest BCUT2D eigenvalue weighted by Gasteiger charge is 2.20. The summed E-state index contributed by atoms with van der Waals surface area (Å²) in [5.41, 5.74) is 2.39. The van der Waals surface area contributed by atoms with Gasteiger partial charge in [0.05, 0.1) is 19.3 Å². The van der Waals surface area contributed by atoms with Crippen LogP contribution in [0.1, 0.15) is 27.7 Å². The number of aromatic nitrogens is 2. The Balaban J connectivity index is 1.58. The van der Waals surface area contributed by atoms with Crippen LogP contribution in [-0.2, 0) is 4.74 Å². The zero-order valence-corrected chi connectivity index (χ0v) is 15.5. The second kappa shape index (κ2) is 8.63. The van der Waals surface area contributed by atoms with Crippen molar-refractivity contribution in [2.45, 2.75) is 6.04 Å². The van der Waals surface area contributed by atoms with Crippen LogP contribution < -0.4 is 10.2 Å². The van der Waals surface area contributed by atoms with Gasteiger partial charge < -0.3 is 15.0 Å². The molecule has 142 valence electrons. The Kier molecular flexibility index (Phi) is 5.58. The minimum atomic E-state index is -0.253. The molecular weight excluding hydrogens is 352 g/mol. The van der Waals surface area contributed by atoms with Gasteiger partial charge in [0, 0.05) is 19.2 Å². The molecule has 2 heterocycles. The van der Waals surface area contributed by atoms with Gasteiger partial charge in [-0.2, -0.15) is 0 Å². The van der Waals surface area contributed by atoms with E-state index in [-0.39, 0.29) is 11.9 Å². The summed E-state index contributed by atoms with van der Waals surface area (Å²) in [7, 11) is 0. The average Bonchev–Trinajstić information content (AvgIpc) is 2.79. The molecule has 2 aromatic carbocycles. The molecule has 1 saturated heterocycles. The molecule has 1 fully saturated rings. The van der Waals surface area contributed by atoms with Gasteiger partial charge in [0.25, 0.3) is 5.91 Å². The van der Waals surface area contributed by atoms with Crippen LogP contribution in [0.25, 0.3) is 0 Å². The van der Waals surface area contributed by atoms with Crippen molar-refractivity contribution in [3.8, 4) is 0 Å². The lowest BCUT2D eigenvalue weighted by Gasteiger charge is -2.27. The first kappa shape index (κ1) is 18.1. The fraction of sp³-hybridized carbons (Fsp3) is 0.227. The zero-order chi connectivity index (χ0) is 19.2. The predicted octanol–water partition coefficient (Wildman–Crippen LogP) is 2.83. The van der Waals surface area contributed by atoms with E-state index in [0.29, 0.717) is 18.9 Å². The summed E-state index contributed by atoms with van der Waals surface area (Å²) in [4.78, 5) is 23.6. The number of hydrogen-bond donors (Lipinski definition) is 1. The molecule has 0 atom stereocenters. The fourth-order valence-electron chi connectivity index (χ4n) is 3.29. The molecular formula is C22H22N4O2. The van der Waals surface area contributed by atoms with E-state index in [4.69, 9.17) is 4.74 Å². The molecule has 0 saturated carbocycles. The van der Waals surface area contributed by atoms with Crippen molar-refractivity contribution in [2.75, 3.05) is 31.2 Å². The summed E-state index contributed by atoms with van der Waals surface area (Å²) in [6.45, 7) is 2.84. The zero-order valence-electron chi connectivity index (χ0n) is 15.5. The van der Waals surface area contributed by atoms with E-state index in [9.17, 15) is 4.79 Å². The van der Waals surface area contributed by atoms with Crippen molar-refractivity contribution >= 4 is 11.7 Å². The lowest BCUT2D eigenvalue weighted by atomic mass is 9.98. The third-order valence-corrected chi connectivity index (χ3v) is 4.76. The van der Waals surface area contributed by atoms with Crippen LogP contribution in [0, 0.1) is 0 Å². The topological polar surface area (TPSA) is 67.4 Å². The first-order valence-corrected chi connectivity index (χ1v) is 9.37. The second-order valence-electron chi connectivity index (χ2n) is 6.59. The number of benzene rings is 2. The number of carbonyl (C=O) groups excluding carboxylic acids is 1. The van der Waals surface area contributed by atoms with Gasteiger partial charge in [-0.25, -0.2) is 9.97 Å². The van der Waals surface area contributed by atoms with E-state index < -0.39 is 0 Å². The molecule has 1 amide bonds. The monoisotopic (exact) mass is 374 g/mol. The van der Waals surface area contributed by atoms with Gasteiger partial charge in [-0.15, -0.1) is 0 Å². The van der Waals surface area contributed by atoms with Crippen molar-refractivity contribution in [1.82, 2.24) is 15.3 Å². The molecule has 6 heteroatoms. The van der Waals surface area contributed by atoms with Gasteiger partial charge in [-0.3, -0.25) is 4.79 Å². The van der Waals surface area contributed by atoms with Crippen LogP contribution >= 0.6 is 0 Å². The molecule has 0 spiro atoms. The number of hydrogen-bond acceptors (Lipinski definition) is 5. The Morgan fingerprint density at radius 3 is 2.14 bits per heavy atom. The summed E-state index contributed by atoms with van der Waals surface area (Å²) < 4.78 is 5.39. The maximum atomic E-state index is 13.0. The van der Waals surface area contributed by atoms with Crippen LogP contribution in [0.2, 0.25) is 0 Å². The Morgan fingerprint density at radius 1 is 0.929 bits per heavy atom.